The van der Waals surface area contributed by atoms with Gasteiger partial charge in [0.2, 0.25) is 0 Å². The third-order valence-electron chi connectivity index (χ3n) is 1.97. The van der Waals surface area contributed by atoms with E-state index in [1.165, 1.54) is 7.11 Å². The zero-order chi connectivity index (χ0) is 10.1. The lowest BCUT2D eigenvalue weighted by Crippen LogP contribution is -1.89. The largest absolute Gasteiger partial charge is 0.492 e. The molecule has 2 rings (SSSR count). The fraction of sp³-hybridized carbons (Fsp3) is 0.100. The van der Waals surface area contributed by atoms with Crippen LogP contribution in [-0.2, 0) is 0 Å². The predicted molar refractivity (Wildman–Crippen MR) is 53.2 cm³/mol. The van der Waals surface area contributed by atoms with Crippen molar-refractivity contribution in [3.63, 3.8) is 0 Å². The number of hydrogen-bond donors (Lipinski definition) is 0. The van der Waals surface area contributed by atoms with Gasteiger partial charge in [-0.15, -0.1) is 0 Å². The monoisotopic (exact) mass is 210 g/mol. The van der Waals surface area contributed by atoms with E-state index in [0.29, 0.717) is 23.2 Å². The molecule has 2 aromatic rings. The van der Waals surface area contributed by atoms with Crippen molar-refractivity contribution < 1.29 is 13.9 Å². The fourth-order valence-corrected chi connectivity index (χ4v) is 1.56. The van der Waals surface area contributed by atoms with E-state index in [1.807, 2.05) is 0 Å². The Kier molecular flexibility index (Phi) is 2.17. The minimum absolute atomic E-state index is 0.279. The second kappa shape index (κ2) is 3.35. The van der Waals surface area contributed by atoms with Crippen molar-refractivity contribution in [2.75, 3.05) is 7.11 Å². The Morgan fingerprint density at radius 2 is 2.29 bits per heavy atom. The number of methoxy groups -OCH3 is 1. The number of ether oxygens (including phenoxy) is 1. The number of fused-ring (bicyclic) bond motifs is 1. The normalized spacial score (nSPS) is 10.4. The van der Waals surface area contributed by atoms with Crippen molar-refractivity contribution >= 4 is 28.9 Å². The Bertz CT molecular complexity index is 487. The molecular weight excluding hydrogens is 204 g/mol. The Morgan fingerprint density at radius 1 is 1.50 bits per heavy atom. The molecule has 1 aromatic carbocycles. The summed E-state index contributed by atoms with van der Waals surface area (Å²) >= 11 is 5.70. The second-order valence-corrected chi connectivity index (χ2v) is 3.15. The number of carbonyl (C=O) groups excluding carboxylic acids is 1. The van der Waals surface area contributed by atoms with Crippen LogP contribution in [0.5, 0.6) is 5.75 Å². The molecule has 1 aromatic heterocycles. The van der Waals surface area contributed by atoms with Crippen molar-refractivity contribution in [3.05, 3.63) is 29.0 Å². The summed E-state index contributed by atoms with van der Waals surface area (Å²) in [7, 11) is 1.48. The highest BCUT2D eigenvalue weighted by molar-refractivity contribution is 6.29. The predicted octanol–water partition coefficient (Wildman–Crippen LogP) is 2.91. The lowest BCUT2D eigenvalue weighted by Gasteiger charge is -2.02. The maximum Gasteiger partial charge on any atom is 0.194 e. The van der Waals surface area contributed by atoms with E-state index in [-0.39, 0.29) is 5.22 Å². The summed E-state index contributed by atoms with van der Waals surface area (Å²) < 4.78 is 10.3. The first kappa shape index (κ1) is 9.09. The topological polar surface area (TPSA) is 39.4 Å². The minimum Gasteiger partial charge on any atom is -0.492 e. The molecule has 0 saturated heterocycles. The number of rotatable bonds is 2. The number of hydrogen-bond acceptors (Lipinski definition) is 3. The SMILES string of the molecule is COc1c(C=O)ccc2cc(Cl)oc12. The number of carbonyl (C=O) groups is 1. The van der Waals surface area contributed by atoms with E-state index in [4.69, 9.17) is 20.8 Å². The van der Waals surface area contributed by atoms with Crippen LogP contribution >= 0.6 is 11.6 Å². The zero-order valence-corrected chi connectivity index (χ0v) is 8.17. The van der Waals surface area contributed by atoms with Crippen molar-refractivity contribution in [1.82, 2.24) is 0 Å². The van der Waals surface area contributed by atoms with Crippen LogP contribution in [0, 0.1) is 0 Å². The van der Waals surface area contributed by atoms with Gasteiger partial charge in [0.05, 0.1) is 12.7 Å². The molecule has 4 heteroatoms. The Labute approximate surface area is 85.2 Å². The molecule has 0 aliphatic rings. The lowest BCUT2D eigenvalue weighted by atomic mass is 10.1. The number of aldehydes is 1. The number of furan rings is 1. The summed E-state index contributed by atoms with van der Waals surface area (Å²) in [5.74, 6) is 0.421. The van der Waals surface area contributed by atoms with Crippen LogP contribution in [0.15, 0.2) is 22.6 Å². The Hall–Kier alpha value is -1.48. The molecule has 1 heterocycles. The molecule has 0 saturated carbocycles. The van der Waals surface area contributed by atoms with Crippen LogP contribution in [0.1, 0.15) is 10.4 Å². The molecule has 0 atom stereocenters. The second-order valence-electron chi connectivity index (χ2n) is 2.77. The summed E-state index contributed by atoms with van der Waals surface area (Å²) in [5.41, 5.74) is 0.952. The van der Waals surface area contributed by atoms with Gasteiger partial charge in [-0.25, -0.2) is 0 Å². The molecule has 0 bridgehead atoms. The molecule has 14 heavy (non-hydrogen) atoms. The first-order valence-corrected chi connectivity index (χ1v) is 4.35. The van der Waals surface area contributed by atoms with Gasteiger partial charge < -0.3 is 9.15 Å². The van der Waals surface area contributed by atoms with Gasteiger partial charge in [0.25, 0.3) is 0 Å². The highest BCUT2D eigenvalue weighted by Gasteiger charge is 2.11. The highest BCUT2D eigenvalue weighted by atomic mass is 35.5. The third kappa shape index (κ3) is 1.26. The van der Waals surface area contributed by atoms with Crippen molar-refractivity contribution in [3.8, 4) is 5.75 Å². The van der Waals surface area contributed by atoms with E-state index in [9.17, 15) is 4.79 Å². The van der Waals surface area contributed by atoms with Crippen LogP contribution in [0.25, 0.3) is 11.0 Å². The summed E-state index contributed by atoms with van der Waals surface area (Å²) in [6.07, 6.45) is 0.717. The first-order valence-electron chi connectivity index (χ1n) is 3.97. The van der Waals surface area contributed by atoms with Crippen molar-refractivity contribution in [1.29, 1.82) is 0 Å². The smallest absolute Gasteiger partial charge is 0.194 e. The minimum atomic E-state index is 0.279. The van der Waals surface area contributed by atoms with Gasteiger partial charge in [-0.2, -0.15) is 0 Å². The maximum atomic E-state index is 10.7. The van der Waals surface area contributed by atoms with E-state index in [2.05, 4.69) is 0 Å². The Balaban J connectivity index is 2.82. The van der Waals surface area contributed by atoms with Gasteiger partial charge in [0.15, 0.2) is 22.8 Å². The molecule has 3 nitrogen and oxygen atoms in total. The van der Waals surface area contributed by atoms with Crippen LogP contribution in [0.2, 0.25) is 5.22 Å². The summed E-state index contributed by atoms with van der Waals surface area (Å²) in [6.45, 7) is 0. The standard InChI is InChI=1S/C10H7ClO3/c1-13-9-7(5-12)3-2-6-4-8(11)14-10(6)9/h2-5H,1H3. The molecule has 72 valence electrons. The van der Waals surface area contributed by atoms with E-state index < -0.39 is 0 Å². The first-order chi connectivity index (χ1) is 6.76. The third-order valence-corrected chi connectivity index (χ3v) is 2.16. The molecular formula is C10H7ClO3. The molecule has 0 N–H and O–H groups in total. The Morgan fingerprint density at radius 3 is 2.93 bits per heavy atom. The quantitative estimate of drug-likeness (QED) is 0.716. The highest BCUT2D eigenvalue weighted by Crippen LogP contribution is 2.32. The van der Waals surface area contributed by atoms with Gasteiger partial charge in [0, 0.05) is 11.5 Å². The zero-order valence-electron chi connectivity index (χ0n) is 7.41. The summed E-state index contributed by atoms with van der Waals surface area (Å²) in [5, 5.41) is 1.10. The van der Waals surface area contributed by atoms with E-state index in [1.54, 1.807) is 18.2 Å². The molecule has 0 spiro atoms. The van der Waals surface area contributed by atoms with Gasteiger partial charge in [-0.05, 0) is 17.7 Å². The molecule has 0 aliphatic heterocycles. The van der Waals surface area contributed by atoms with Crippen LogP contribution < -0.4 is 4.74 Å². The molecule has 0 unspecified atom stereocenters. The number of benzene rings is 1. The average Bonchev–Trinajstić information content (AvgIpc) is 2.56. The average molecular weight is 211 g/mol. The molecule has 0 fully saturated rings. The number of halogens is 1. The maximum absolute atomic E-state index is 10.7. The van der Waals surface area contributed by atoms with Crippen LogP contribution in [0.4, 0.5) is 0 Å². The fourth-order valence-electron chi connectivity index (χ4n) is 1.36. The lowest BCUT2D eigenvalue weighted by molar-refractivity contribution is 0.112. The van der Waals surface area contributed by atoms with Crippen molar-refractivity contribution in [2.24, 2.45) is 0 Å². The van der Waals surface area contributed by atoms with Gasteiger partial charge in [-0.3, -0.25) is 4.79 Å². The van der Waals surface area contributed by atoms with Crippen molar-refractivity contribution in [2.45, 2.75) is 0 Å². The van der Waals surface area contributed by atoms with E-state index in [0.717, 1.165) is 5.39 Å². The van der Waals surface area contributed by atoms with Crippen LogP contribution in [0.3, 0.4) is 0 Å². The van der Waals surface area contributed by atoms with Gasteiger partial charge in [-0.1, -0.05) is 6.07 Å². The van der Waals surface area contributed by atoms with E-state index >= 15 is 0 Å². The summed E-state index contributed by atoms with van der Waals surface area (Å²) in [6, 6.07) is 5.10. The summed E-state index contributed by atoms with van der Waals surface area (Å²) in [4.78, 5) is 10.7. The molecule has 0 amide bonds. The van der Waals surface area contributed by atoms with Crippen LogP contribution in [-0.4, -0.2) is 13.4 Å². The molecule has 0 aliphatic carbocycles. The van der Waals surface area contributed by atoms with Gasteiger partial charge >= 0.3 is 0 Å². The van der Waals surface area contributed by atoms with Gasteiger partial charge in [0.1, 0.15) is 0 Å². The molecule has 0 radical (unpaired) electrons.